The highest BCUT2D eigenvalue weighted by molar-refractivity contribution is 6.10. The molecule has 0 amide bonds. The molecule has 7 aromatic carbocycles. The molecule has 0 aliphatic carbocycles. The van der Waals surface area contributed by atoms with Crippen LogP contribution in [0.4, 0.5) is 52.7 Å². The van der Waals surface area contributed by atoms with Crippen molar-refractivity contribution in [3.05, 3.63) is 180 Å². The molecule has 0 aliphatic heterocycles. The fourth-order valence-corrected chi connectivity index (χ4v) is 7.70. The van der Waals surface area contributed by atoms with Crippen molar-refractivity contribution >= 4 is 21.8 Å². The van der Waals surface area contributed by atoms with Gasteiger partial charge in [0.1, 0.15) is 0 Å². The number of para-hydroxylation sites is 1. The molecular formula is C49H26F12N4. The first kappa shape index (κ1) is 42.8. The molecule has 65 heavy (non-hydrogen) atoms. The van der Waals surface area contributed by atoms with Crippen LogP contribution in [0, 0.1) is 0 Å². The lowest BCUT2D eigenvalue weighted by atomic mass is 9.94. The van der Waals surface area contributed by atoms with Crippen LogP contribution in [0.25, 0.3) is 83.9 Å². The summed E-state index contributed by atoms with van der Waals surface area (Å²) in [5.74, 6) is 0.0870. The van der Waals surface area contributed by atoms with E-state index in [1.807, 2.05) is 0 Å². The lowest BCUT2D eigenvalue weighted by Crippen LogP contribution is -2.11. The van der Waals surface area contributed by atoms with Crippen molar-refractivity contribution in [2.75, 3.05) is 0 Å². The second-order valence-electron chi connectivity index (χ2n) is 14.9. The van der Waals surface area contributed by atoms with Crippen molar-refractivity contribution in [2.24, 2.45) is 0 Å². The molecule has 9 rings (SSSR count). The molecule has 0 spiro atoms. The zero-order chi connectivity index (χ0) is 46.1. The SMILES string of the molecule is FC(F)(F)c1cc(-c2ccc3c4ccccc4n(-c4ccc(-c5cc(C(F)(F)F)cc(C(F)(F)F)c5)c(-c5nc(-c6ccccc6)nc(-c6ccccc6)n5)c4)c3c2)cc(C(F)(F)F)c1. The molecule has 0 atom stereocenters. The Morgan fingerprint density at radius 2 is 0.754 bits per heavy atom. The Hall–Kier alpha value is -7.49. The number of aromatic nitrogens is 4. The van der Waals surface area contributed by atoms with Crippen molar-refractivity contribution in [2.45, 2.75) is 24.7 Å². The van der Waals surface area contributed by atoms with E-state index in [4.69, 9.17) is 9.97 Å². The minimum atomic E-state index is -5.19. The van der Waals surface area contributed by atoms with Crippen LogP contribution in [-0.2, 0) is 24.7 Å². The molecular weight excluding hydrogens is 873 g/mol. The summed E-state index contributed by atoms with van der Waals surface area (Å²) >= 11 is 0. The van der Waals surface area contributed by atoms with Gasteiger partial charge in [-0.1, -0.05) is 97.1 Å². The van der Waals surface area contributed by atoms with Crippen molar-refractivity contribution in [3.8, 4) is 62.1 Å². The fraction of sp³-hybridized carbons (Fsp3) is 0.0816. The molecule has 326 valence electrons. The topological polar surface area (TPSA) is 43.6 Å². The Labute approximate surface area is 360 Å². The van der Waals surface area contributed by atoms with Crippen LogP contribution in [0.3, 0.4) is 0 Å². The third-order valence-corrected chi connectivity index (χ3v) is 10.7. The summed E-state index contributed by atoms with van der Waals surface area (Å²) in [7, 11) is 0. The Bertz CT molecular complexity index is 3140. The highest BCUT2D eigenvalue weighted by Gasteiger charge is 2.39. The fourth-order valence-electron chi connectivity index (χ4n) is 7.70. The van der Waals surface area contributed by atoms with Gasteiger partial charge in [-0.15, -0.1) is 0 Å². The Kier molecular flexibility index (Phi) is 10.3. The molecule has 0 fully saturated rings. The first-order valence-electron chi connectivity index (χ1n) is 19.4. The molecule has 9 aromatic rings. The average Bonchev–Trinajstić information content (AvgIpc) is 3.61. The van der Waals surface area contributed by atoms with E-state index in [0.717, 1.165) is 0 Å². The van der Waals surface area contributed by atoms with Crippen molar-refractivity contribution < 1.29 is 52.7 Å². The molecule has 0 bridgehead atoms. The Morgan fingerprint density at radius 1 is 0.308 bits per heavy atom. The molecule has 0 aliphatic rings. The van der Waals surface area contributed by atoms with E-state index in [0.29, 0.717) is 51.7 Å². The molecule has 2 heterocycles. The monoisotopic (exact) mass is 898 g/mol. The maximum Gasteiger partial charge on any atom is 0.416 e. The maximum absolute atomic E-state index is 14.3. The number of hydrogen-bond donors (Lipinski definition) is 0. The third-order valence-electron chi connectivity index (χ3n) is 10.7. The van der Waals surface area contributed by atoms with Crippen LogP contribution in [-0.4, -0.2) is 19.5 Å². The largest absolute Gasteiger partial charge is 0.416 e. The van der Waals surface area contributed by atoms with Crippen molar-refractivity contribution in [1.29, 1.82) is 0 Å². The Balaban J connectivity index is 1.35. The van der Waals surface area contributed by atoms with Gasteiger partial charge in [0.15, 0.2) is 17.5 Å². The molecule has 0 saturated heterocycles. The summed E-state index contributed by atoms with van der Waals surface area (Å²) in [4.78, 5) is 14.1. The molecule has 0 radical (unpaired) electrons. The Morgan fingerprint density at radius 3 is 1.26 bits per heavy atom. The quantitative estimate of drug-likeness (QED) is 0.156. The summed E-state index contributed by atoms with van der Waals surface area (Å²) in [6.45, 7) is 0. The van der Waals surface area contributed by atoms with E-state index < -0.39 is 52.5 Å². The van der Waals surface area contributed by atoms with Crippen molar-refractivity contribution in [3.63, 3.8) is 0 Å². The number of fused-ring (bicyclic) bond motifs is 3. The zero-order valence-electron chi connectivity index (χ0n) is 32.8. The maximum atomic E-state index is 14.3. The van der Waals surface area contributed by atoms with Crippen LogP contribution in [0.5, 0.6) is 0 Å². The number of nitrogens with zero attached hydrogens (tertiary/aromatic N) is 4. The van der Waals surface area contributed by atoms with Gasteiger partial charge in [-0.05, 0) is 82.9 Å². The van der Waals surface area contributed by atoms with E-state index in [1.54, 1.807) is 89.5 Å². The minimum absolute atomic E-state index is 0.0131. The van der Waals surface area contributed by atoms with Gasteiger partial charge in [0.05, 0.1) is 33.3 Å². The lowest BCUT2D eigenvalue weighted by molar-refractivity contribution is -0.144. The molecule has 16 heteroatoms. The van der Waals surface area contributed by atoms with Gasteiger partial charge in [-0.25, -0.2) is 15.0 Å². The predicted octanol–water partition coefficient (Wildman–Crippen LogP) is 15.4. The smallest absolute Gasteiger partial charge is 0.309 e. The first-order chi connectivity index (χ1) is 30.7. The van der Waals surface area contributed by atoms with Crippen LogP contribution >= 0.6 is 0 Å². The van der Waals surface area contributed by atoms with Crippen molar-refractivity contribution in [1.82, 2.24) is 19.5 Å². The summed E-state index contributed by atoms with van der Waals surface area (Å²) in [5, 5.41) is 1.12. The highest BCUT2D eigenvalue weighted by Crippen LogP contribution is 2.44. The predicted molar refractivity (Wildman–Crippen MR) is 221 cm³/mol. The normalized spacial score (nSPS) is 12.6. The molecule has 4 nitrogen and oxygen atoms in total. The van der Waals surface area contributed by atoms with E-state index in [-0.39, 0.29) is 63.1 Å². The number of benzene rings is 7. The van der Waals surface area contributed by atoms with E-state index >= 15 is 0 Å². The zero-order valence-corrected chi connectivity index (χ0v) is 32.8. The number of hydrogen-bond acceptors (Lipinski definition) is 3. The van der Waals surface area contributed by atoms with Crippen LogP contribution < -0.4 is 0 Å². The van der Waals surface area contributed by atoms with E-state index in [9.17, 15) is 52.7 Å². The molecule has 2 aromatic heterocycles. The van der Waals surface area contributed by atoms with E-state index in [1.165, 1.54) is 36.4 Å². The summed E-state index contributed by atoms with van der Waals surface area (Å²) in [5.41, 5.74) is -5.23. The van der Waals surface area contributed by atoms with Gasteiger partial charge < -0.3 is 4.57 Å². The lowest BCUT2D eigenvalue weighted by Gasteiger charge is -2.18. The standard InChI is InChI=1S/C49H26F12N4/c50-46(51,52)32-19-30(20-33(24-32)47(53,54)55)29-15-17-39-38-13-7-8-14-41(38)65(42(39)23-29)36-16-18-37(31-21-34(48(56,57)58)25-35(22-31)49(59,60)61)40(26-36)45-63-43(27-9-3-1-4-10-27)62-44(64-45)28-11-5-2-6-12-28/h1-26H. The number of alkyl halides is 12. The summed E-state index contributed by atoms with van der Waals surface area (Å²) < 4.78 is 171. The van der Waals surface area contributed by atoms with Crippen LogP contribution in [0.1, 0.15) is 22.3 Å². The minimum Gasteiger partial charge on any atom is -0.309 e. The van der Waals surface area contributed by atoms with Gasteiger partial charge in [0, 0.05) is 33.2 Å². The van der Waals surface area contributed by atoms with Gasteiger partial charge in [-0.2, -0.15) is 52.7 Å². The van der Waals surface area contributed by atoms with E-state index in [2.05, 4.69) is 4.98 Å². The third kappa shape index (κ3) is 8.39. The summed E-state index contributed by atoms with van der Waals surface area (Å²) in [6, 6.07) is 34.9. The van der Waals surface area contributed by atoms with Gasteiger partial charge >= 0.3 is 24.7 Å². The molecule has 0 unspecified atom stereocenters. The van der Waals surface area contributed by atoms with Crippen LogP contribution in [0.2, 0.25) is 0 Å². The highest BCUT2D eigenvalue weighted by atomic mass is 19.4. The van der Waals surface area contributed by atoms with Gasteiger partial charge in [0.2, 0.25) is 0 Å². The van der Waals surface area contributed by atoms with Gasteiger partial charge in [0.25, 0.3) is 0 Å². The molecule has 0 saturated carbocycles. The number of halogens is 12. The molecule has 0 N–H and O–H groups in total. The van der Waals surface area contributed by atoms with Gasteiger partial charge in [-0.3, -0.25) is 0 Å². The summed E-state index contributed by atoms with van der Waals surface area (Å²) in [6.07, 6.45) is -20.6. The average molecular weight is 899 g/mol. The second-order valence-corrected chi connectivity index (χ2v) is 14.9. The first-order valence-corrected chi connectivity index (χ1v) is 19.4. The number of rotatable bonds is 6. The second kappa shape index (κ2) is 15.6. The van der Waals surface area contributed by atoms with Crippen LogP contribution in [0.15, 0.2) is 158 Å².